The Hall–Kier alpha value is -0.120. The molecular weight excluding hydrogens is 212 g/mol. The number of nitrogens with one attached hydrogen (secondary N) is 1. The molecule has 0 aromatic carbocycles. The summed E-state index contributed by atoms with van der Waals surface area (Å²) in [7, 11) is 2.11. The van der Waals surface area contributed by atoms with Gasteiger partial charge in [0.25, 0.3) is 0 Å². The summed E-state index contributed by atoms with van der Waals surface area (Å²) in [6, 6.07) is 1.37. The molecule has 1 saturated carbocycles. The van der Waals surface area contributed by atoms with Crippen LogP contribution in [0.1, 0.15) is 40.0 Å². The fourth-order valence-corrected chi connectivity index (χ4v) is 3.43. The molecule has 1 saturated heterocycles. The number of likely N-dealkylation sites (N-methyl/N-ethyl adjacent to an activating group) is 1. The Labute approximate surface area is 106 Å². The van der Waals surface area contributed by atoms with E-state index in [2.05, 4.69) is 38.0 Å². The van der Waals surface area contributed by atoms with Gasteiger partial charge in [0.1, 0.15) is 0 Å². The lowest BCUT2D eigenvalue weighted by Gasteiger charge is -2.47. The van der Waals surface area contributed by atoms with Gasteiger partial charge >= 0.3 is 0 Å². The van der Waals surface area contributed by atoms with E-state index in [1.165, 1.54) is 19.3 Å². The highest BCUT2D eigenvalue weighted by Crippen LogP contribution is 2.30. The van der Waals surface area contributed by atoms with E-state index in [9.17, 15) is 0 Å². The van der Waals surface area contributed by atoms with Crippen molar-refractivity contribution in [2.75, 3.05) is 26.7 Å². The Morgan fingerprint density at radius 3 is 2.71 bits per heavy atom. The van der Waals surface area contributed by atoms with E-state index in [0.717, 1.165) is 25.6 Å². The van der Waals surface area contributed by atoms with Crippen LogP contribution in [0.5, 0.6) is 0 Å². The van der Waals surface area contributed by atoms with Crippen molar-refractivity contribution in [3.63, 3.8) is 0 Å². The molecule has 0 aromatic heterocycles. The molecule has 0 spiro atoms. The number of ether oxygens (including phenoxy) is 1. The van der Waals surface area contributed by atoms with Gasteiger partial charge in [0, 0.05) is 25.2 Å². The second kappa shape index (κ2) is 5.25. The predicted molar refractivity (Wildman–Crippen MR) is 71.3 cm³/mol. The summed E-state index contributed by atoms with van der Waals surface area (Å²) in [4.78, 5) is 2.65. The van der Waals surface area contributed by atoms with Gasteiger partial charge in [0.15, 0.2) is 0 Å². The normalized spacial score (nSPS) is 39.2. The van der Waals surface area contributed by atoms with Gasteiger partial charge in [-0.2, -0.15) is 0 Å². The van der Waals surface area contributed by atoms with Gasteiger partial charge in [-0.25, -0.2) is 0 Å². The van der Waals surface area contributed by atoms with E-state index in [4.69, 9.17) is 4.74 Å². The SMILES string of the molecule is CNC1CCC(C)CC1N1CCOC(C)(C)C1. The average Bonchev–Trinajstić information content (AvgIpc) is 2.27. The van der Waals surface area contributed by atoms with Crippen molar-refractivity contribution in [3.8, 4) is 0 Å². The van der Waals surface area contributed by atoms with Crippen molar-refractivity contribution in [1.29, 1.82) is 0 Å². The monoisotopic (exact) mass is 240 g/mol. The first-order chi connectivity index (χ1) is 8.02. The molecule has 1 aliphatic heterocycles. The Bertz CT molecular complexity index is 255. The molecule has 3 heteroatoms. The first kappa shape index (κ1) is 13.3. The summed E-state index contributed by atoms with van der Waals surface area (Å²) in [5.74, 6) is 0.871. The summed E-state index contributed by atoms with van der Waals surface area (Å²) in [6.07, 6.45) is 4.03. The molecule has 1 heterocycles. The minimum atomic E-state index is 0.0250. The second-order valence-corrected chi connectivity index (χ2v) is 6.46. The second-order valence-electron chi connectivity index (χ2n) is 6.46. The van der Waals surface area contributed by atoms with E-state index in [-0.39, 0.29) is 5.60 Å². The lowest BCUT2D eigenvalue weighted by Crippen LogP contribution is -2.59. The number of hydrogen-bond donors (Lipinski definition) is 1. The average molecular weight is 240 g/mol. The van der Waals surface area contributed by atoms with Gasteiger partial charge in [-0.3, -0.25) is 4.90 Å². The predicted octanol–water partition coefficient (Wildman–Crippen LogP) is 1.87. The van der Waals surface area contributed by atoms with Gasteiger partial charge in [-0.1, -0.05) is 6.92 Å². The molecule has 0 bridgehead atoms. The third-order valence-corrected chi connectivity index (χ3v) is 4.37. The van der Waals surface area contributed by atoms with Crippen LogP contribution in [0.2, 0.25) is 0 Å². The highest BCUT2D eigenvalue weighted by Gasteiger charge is 2.37. The molecule has 3 unspecified atom stereocenters. The Morgan fingerprint density at radius 2 is 2.06 bits per heavy atom. The van der Waals surface area contributed by atoms with Gasteiger partial charge < -0.3 is 10.1 Å². The zero-order valence-electron chi connectivity index (χ0n) is 11.8. The van der Waals surface area contributed by atoms with E-state index in [1.54, 1.807) is 0 Å². The van der Waals surface area contributed by atoms with Crippen LogP contribution < -0.4 is 5.32 Å². The van der Waals surface area contributed by atoms with Crippen molar-refractivity contribution in [3.05, 3.63) is 0 Å². The fraction of sp³-hybridized carbons (Fsp3) is 1.00. The van der Waals surface area contributed by atoms with Crippen LogP contribution >= 0.6 is 0 Å². The van der Waals surface area contributed by atoms with Gasteiger partial charge in [-0.05, 0) is 46.1 Å². The van der Waals surface area contributed by atoms with Gasteiger partial charge in [0.2, 0.25) is 0 Å². The minimum absolute atomic E-state index is 0.0250. The van der Waals surface area contributed by atoms with E-state index < -0.39 is 0 Å². The van der Waals surface area contributed by atoms with Gasteiger partial charge in [-0.15, -0.1) is 0 Å². The maximum absolute atomic E-state index is 5.82. The van der Waals surface area contributed by atoms with Crippen molar-refractivity contribution in [1.82, 2.24) is 10.2 Å². The summed E-state index contributed by atoms with van der Waals surface area (Å²) >= 11 is 0. The van der Waals surface area contributed by atoms with Crippen LogP contribution in [0.15, 0.2) is 0 Å². The van der Waals surface area contributed by atoms with Crippen molar-refractivity contribution >= 4 is 0 Å². The molecule has 2 aliphatic rings. The molecule has 17 heavy (non-hydrogen) atoms. The molecule has 0 amide bonds. The maximum Gasteiger partial charge on any atom is 0.0753 e. The van der Waals surface area contributed by atoms with Crippen molar-refractivity contribution in [2.24, 2.45) is 5.92 Å². The zero-order chi connectivity index (χ0) is 12.5. The molecule has 2 fully saturated rings. The van der Waals surface area contributed by atoms with Crippen LogP contribution in [0.4, 0.5) is 0 Å². The zero-order valence-corrected chi connectivity index (χ0v) is 11.8. The smallest absolute Gasteiger partial charge is 0.0753 e. The number of rotatable bonds is 2. The van der Waals surface area contributed by atoms with Crippen molar-refractivity contribution < 1.29 is 4.74 Å². The van der Waals surface area contributed by atoms with E-state index >= 15 is 0 Å². The van der Waals surface area contributed by atoms with Crippen LogP contribution in [0.25, 0.3) is 0 Å². The number of hydrogen-bond acceptors (Lipinski definition) is 3. The minimum Gasteiger partial charge on any atom is -0.373 e. The molecule has 2 rings (SSSR count). The molecule has 100 valence electrons. The largest absolute Gasteiger partial charge is 0.373 e. The summed E-state index contributed by atoms with van der Waals surface area (Å²) in [5.41, 5.74) is 0.0250. The Kier molecular flexibility index (Phi) is 4.11. The molecule has 1 aliphatic carbocycles. The standard InChI is InChI=1S/C14H28N2O/c1-11-5-6-12(15-4)13(9-11)16-7-8-17-14(2,3)10-16/h11-13,15H,5-10H2,1-4H3. The Morgan fingerprint density at radius 1 is 1.29 bits per heavy atom. The van der Waals surface area contributed by atoms with Crippen LogP contribution in [-0.4, -0.2) is 49.3 Å². The molecule has 3 atom stereocenters. The molecular formula is C14H28N2O. The molecule has 0 radical (unpaired) electrons. The highest BCUT2D eigenvalue weighted by atomic mass is 16.5. The van der Waals surface area contributed by atoms with E-state index in [1.807, 2.05) is 0 Å². The first-order valence-corrected chi connectivity index (χ1v) is 7.07. The summed E-state index contributed by atoms with van der Waals surface area (Å²) < 4.78 is 5.82. The van der Waals surface area contributed by atoms with Crippen molar-refractivity contribution in [2.45, 2.75) is 57.7 Å². The van der Waals surface area contributed by atoms with E-state index in [0.29, 0.717) is 12.1 Å². The summed E-state index contributed by atoms with van der Waals surface area (Å²) in [5, 5.41) is 3.52. The van der Waals surface area contributed by atoms with Crippen LogP contribution in [0, 0.1) is 5.92 Å². The molecule has 0 aromatic rings. The third kappa shape index (κ3) is 3.21. The molecule has 1 N–H and O–H groups in total. The first-order valence-electron chi connectivity index (χ1n) is 7.07. The highest BCUT2D eigenvalue weighted by molar-refractivity contribution is 4.93. The van der Waals surface area contributed by atoms with Gasteiger partial charge in [0.05, 0.1) is 12.2 Å². The number of nitrogens with zero attached hydrogens (tertiary/aromatic N) is 1. The maximum atomic E-state index is 5.82. The quantitative estimate of drug-likeness (QED) is 0.797. The third-order valence-electron chi connectivity index (χ3n) is 4.37. The summed E-state index contributed by atoms with van der Waals surface area (Å²) in [6.45, 7) is 9.86. The van der Waals surface area contributed by atoms with Crippen LogP contribution in [-0.2, 0) is 4.74 Å². The topological polar surface area (TPSA) is 24.5 Å². The molecule has 3 nitrogen and oxygen atoms in total. The number of morpholine rings is 1. The van der Waals surface area contributed by atoms with Crippen LogP contribution in [0.3, 0.4) is 0 Å². The fourth-order valence-electron chi connectivity index (χ4n) is 3.43. The Balaban J connectivity index is 2.02. The lowest BCUT2D eigenvalue weighted by atomic mass is 9.82. The lowest BCUT2D eigenvalue weighted by molar-refractivity contribution is -0.105.